The van der Waals surface area contributed by atoms with Gasteiger partial charge in [-0.3, -0.25) is 4.98 Å². The number of hydrogen-bond donors (Lipinski definition) is 1. The Hall–Kier alpha value is -2.26. The first kappa shape index (κ1) is 23.5. The van der Waals surface area contributed by atoms with Gasteiger partial charge in [-0.25, -0.2) is 0 Å². The Morgan fingerprint density at radius 1 is 1.12 bits per heavy atom. The fourth-order valence-electron chi connectivity index (χ4n) is 6.14. The molecule has 0 aromatic carbocycles. The van der Waals surface area contributed by atoms with Gasteiger partial charge < -0.3 is 15.0 Å². The lowest BCUT2D eigenvalue weighted by Gasteiger charge is -2.37. The van der Waals surface area contributed by atoms with Gasteiger partial charge >= 0.3 is 6.18 Å². The van der Waals surface area contributed by atoms with Crippen LogP contribution in [0.4, 0.5) is 19.0 Å². The predicted octanol–water partition coefficient (Wildman–Crippen LogP) is 4.88. The van der Waals surface area contributed by atoms with Gasteiger partial charge in [0.25, 0.3) is 0 Å². The van der Waals surface area contributed by atoms with E-state index in [0.717, 1.165) is 51.6 Å². The summed E-state index contributed by atoms with van der Waals surface area (Å²) < 4.78 is 45.6. The minimum absolute atomic E-state index is 0.00452. The first-order valence-corrected chi connectivity index (χ1v) is 12.2. The maximum atomic E-state index is 13.3. The van der Waals surface area contributed by atoms with Crippen LogP contribution in [-0.2, 0) is 10.9 Å². The van der Waals surface area contributed by atoms with Gasteiger partial charge in [-0.15, -0.1) is 10.2 Å². The lowest BCUT2D eigenvalue weighted by molar-refractivity contribution is -0.140. The van der Waals surface area contributed by atoms with Crippen molar-refractivity contribution in [3.05, 3.63) is 36.2 Å². The number of rotatable bonds is 5. The lowest BCUT2D eigenvalue weighted by atomic mass is 9.88. The first-order chi connectivity index (χ1) is 16.2. The zero-order valence-electron chi connectivity index (χ0n) is 19.7. The molecule has 5 rings (SSSR count). The highest BCUT2D eigenvalue weighted by molar-refractivity contribution is 5.62. The maximum Gasteiger partial charge on any atom is 0.434 e. The summed E-state index contributed by atoms with van der Waals surface area (Å²) in [6.45, 7) is 8.70. The molecule has 34 heavy (non-hydrogen) atoms. The molecule has 1 saturated carbocycles. The number of nitrogens with zero attached hydrogens (tertiary/aromatic N) is 4. The molecule has 2 aliphatic heterocycles. The molecule has 0 spiro atoms. The van der Waals surface area contributed by atoms with E-state index in [4.69, 9.17) is 4.74 Å². The highest BCUT2D eigenvalue weighted by atomic mass is 19.4. The molecule has 2 aromatic heterocycles. The average molecular weight is 476 g/mol. The van der Waals surface area contributed by atoms with Crippen LogP contribution in [0.1, 0.15) is 45.2 Å². The topological polar surface area (TPSA) is 63.2 Å². The Bertz CT molecular complexity index is 983. The minimum atomic E-state index is -4.54. The molecule has 0 amide bonds. The van der Waals surface area contributed by atoms with Gasteiger partial charge in [-0.2, -0.15) is 13.2 Å². The average Bonchev–Trinajstić information content (AvgIpc) is 3.31. The zero-order chi connectivity index (χ0) is 23.9. The van der Waals surface area contributed by atoms with Crippen molar-refractivity contribution in [2.24, 2.45) is 17.8 Å². The van der Waals surface area contributed by atoms with Crippen LogP contribution in [0.2, 0.25) is 0 Å². The van der Waals surface area contributed by atoms with Crippen LogP contribution >= 0.6 is 0 Å². The fourth-order valence-corrected chi connectivity index (χ4v) is 6.14. The molecular formula is C25H32F3N5O. The summed E-state index contributed by atoms with van der Waals surface area (Å²) >= 11 is 0. The molecule has 3 aliphatic rings. The number of halogens is 3. The molecule has 4 atom stereocenters. The van der Waals surface area contributed by atoms with Crippen molar-refractivity contribution in [3.8, 4) is 11.3 Å². The number of anilines is 1. The van der Waals surface area contributed by atoms with Crippen molar-refractivity contribution in [2.45, 2.75) is 57.3 Å². The van der Waals surface area contributed by atoms with Crippen molar-refractivity contribution in [1.82, 2.24) is 20.1 Å². The highest BCUT2D eigenvalue weighted by Crippen LogP contribution is 2.40. The Labute approximate surface area is 198 Å². The molecule has 4 heterocycles. The van der Waals surface area contributed by atoms with E-state index in [1.165, 1.54) is 18.7 Å². The maximum absolute atomic E-state index is 13.3. The molecule has 3 fully saturated rings. The van der Waals surface area contributed by atoms with Gasteiger partial charge in [-0.1, -0.05) is 0 Å². The second-order valence-corrected chi connectivity index (χ2v) is 10.7. The summed E-state index contributed by atoms with van der Waals surface area (Å²) in [5, 5.41) is 11.7. The number of ether oxygens (including phenoxy) is 1. The SMILES string of the molecule is CC1(C)CC(CN2CC3CC(Nc4ccc(-c5cccnc5C(F)(F)F)nn4)C[C@@H]3C2)CCO1. The van der Waals surface area contributed by atoms with Gasteiger partial charge in [0, 0.05) is 44.0 Å². The first-order valence-electron chi connectivity index (χ1n) is 12.2. The number of pyridine rings is 1. The Morgan fingerprint density at radius 2 is 1.88 bits per heavy atom. The van der Waals surface area contributed by atoms with E-state index in [9.17, 15) is 13.2 Å². The molecule has 184 valence electrons. The zero-order valence-corrected chi connectivity index (χ0v) is 19.7. The van der Waals surface area contributed by atoms with E-state index in [1.807, 2.05) is 0 Å². The van der Waals surface area contributed by atoms with Crippen molar-refractivity contribution < 1.29 is 17.9 Å². The Kier molecular flexibility index (Phi) is 6.27. The molecule has 6 nitrogen and oxygen atoms in total. The van der Waals surface area contributed by atoms with Gasteiger partial charge in [0.2, 0.25) is 0 Å². The molecule has 0 radical (unpaired) electrons. The van der Waals surface area contributed by atoms with Crippen molar-refractivity contribution in [1.29, 1.82) is 0 Å². The van der Waals surface area contributed by atoms with E-state index in [2.05, 4.69) is 39.2 Å². The second kappa shape index (κ2) is 9.07. The van der Waals surface area contributed by atoms with Gasteiger partial charge in [0.15, 0.2) is 5.69 Å². The lowest BCUT2D eigenvalue weighted by Crippen LogP contribution is -2.39. The van der Waals surface area contributed by atoms with E-state index >= 15 is 0 Å². The number of nitrogens with one attached hydrogen (secondary N) is 1. The summed E-state index contributed by atoms with van der Waals surface area (Å²) in [6, 6.07) is 6.46. The molecule has 1 aliphatic carbocycles. The van der Waals surface area contributed by atoms with Gasteiger partial charge in [0.05, 0.1) is 11.3 Å². The largest absolute Gasteiger partial charge is 0.434 e. The molecule has 2 saturated heterocycles. The van der Waals surface area contributed by atoms with Crippen LogP contribution in [-0.4, -0.2) is 58.0 Å². The van der Waals surface area contributed by atoms with E-state index in [0.29, 0.717) is 29.6 Å². The van der Waals surface area contributed by atoms with Crippen LogP contribution in [0.25, 0.3) is 11.3 Å². The van der Waals surface area contributed by atoms with Crippen LogP contribution in [0, 0.1) is 17.8 Å². The normalized spacial score (nSPS) is 29.2. The Morgan fingerprint density at radius 3 is 2.53 bits per heavy atom. The third-order valence-corrected chi connectivity index (χ3v) is 7.51. The molecule has 2 aromatic rings. The molecule has 9 heteroatoms. The fraction of sp³-hybridized carbons (Fsp3) is 0.640. The monoisotopic (exact) mass is 475 g/mol. The second-order valence-electron chi connectivity index (χ2n) is 10.7. The van der Waals surface area contributed by atoms with Crippen molar-refractivity contribution >= 4 is 5.82 Å². The van der Waals surface area contributed by atoms with Crippen LogP contribution in [0.5, 0.6) is 0 Å². The quantitative estimate of drug-likeness (QED) is 0.665. The van der Waals surface area contributed by atoms with Crippen LogP contribution in [0.3, 0.4) is 0 Å². The van der Waals surface area contributed by atoms with Gasteiger partial charge in [-0.05, 0) is 81.5 Å². The minimum Gasteiger partial charge on any atom is -0.376 e. The number of alkyl halides is 3. The summed E-state index contributed by atoms with van der Waals surface area (Å²) in [4.78, 5) is 6.13. The number of likely N-dealkylation sites (tertiary alicyclic amines) is 1. The van der Waals surface area contributed by atoms with Crippen molar-refractivity contribution in [3.63, 3.8) is 0 Å². The van der Waals surface area contributed by atoms with E-state index < -0.39 is 11.9 Å². The third kappa shape index (κ3) is 5.20. The number of fused-ring (bicyclic) bond motifs is 1. The van der Waals surface area contributed by atoms with Crippen LogP contribution < -0.4 is 5.32 Å². The van der Waals surface area contributed by atoms with Crippen molar-refractivity contribution in [2.75, 3.05) is 31.6 Å². The summed E-state index contributed by atoms with van der Waals surface area (Å²) in [6.07, 6.45) is 1.05. The molecule has 0 bridgehead atoms. The standard InChI is InChI=1S/C25H32F3N5O/c1-24(2)12-16(7-9-34-24)13-33-14-17-10-19(11-18(17)15-33)30-22-6-5-21(31-32-22)20-4-3-8-29-23(20)25(26,27)28/h3-6,8,16-19H,7,9-15H2,1-2H3,(H,30,32)/t16?,17-,18?,19?/m1/s1. The highest BCUT2D eigenvalue weighted by Gasteiger charge is 2.42. The summed E-state index contributed by atoms with van der Waals surface area (Å²) in [5.41, 5.74) is -0.837. The molecule has 1 N–H and O–H groups in total. The predicted molar refractivity (Wildman–Crippen MR) is 123 cm³/mol. The molecular weight excluding hydrogens is 443 g/mol. The van der Waals surface area contributed by atoms with E-state index in [1.54, 1.807) is 12.1 Å². The van der Waals surface area contributed by atoms with Gasteiger partial charge in [0.1, 0.15) is 5.82 Å². The van der Waals surface area contributed by atoms with Crippen LogP contribution in [0.15, 0.2) is 30.5 Å². The van der Waals surface area contributed by atoms with E-state index in [-0.39, 0.29) is 16.9 Å². The Balaban J connectivity index is 1.15. The summed E-state index contributed by atoms with van der Waals surface area (Å²) in [5.74, 6) is 2.68. The number of aromatic nitrogens is 3. The smallest absolute Gasteiger partial charge is 0.376 e. The number of hydrogen-bond acceptors (Lipinski definition) is 6. The summed E-state index contributed by atoms with van der Waals surface area (Å²) in [7, 11) is 0. The third-order valence-electron chi connectivity index (χ3n) is 7.51. The molecule has 3 unspecified atom stereocenters.